The van der Waals surface area contributed by atoms with Gasteiger partial charge in [0, 0.05) is 17.0 Å². The Bertz CT molecular complexity index is 1110. The highest BCUT2D eigenvalue weighted by Gasteiger charge is 2.16. The number of nitrogens with two attached hydrogens (primary N) is 1. The lowest BCUT2D eigenvalue weighted by Gasteiger charge is -2.10. The van der Waals surface area contributed by atoms with Gasteiger partial charge in [-0.2, -0.15) is 5.10 Å². The van der Waals surface area contributed by atoms with Crippen LogP contribution < -0.4 is 5.73 Å². The number of amidine groups is 1. The van der Waals surface area contributed by atoms with E-state index in [9.17, 15) is 4.39 Å². The number of aromatic nitrogens is 3. The van der Waals surface area contributed by atoms with Crippen molar-refractivity contribution in [3.63, 3.8) is 0 Å². The van der Waals surface area contributed by atoms with E-state index in [2.05, 4.69) is 23.9 Å². The normalized spacial score (nSPS) is 12.2. The first kappa shape index (κ1) is 17.4. The first-order valence-corrected chi connectivity index (χ1v) is 9.43. The number of fused-ring (bicyclic) bond motifs is 1. The summed E-state index contributed by atoms with van der Waals surface area (Å²) >= 11 is 1.61. The number of rotatable bonds is 4. The van der Waals surface area contributed by atoms with Crippen molar-refractivity contribution in [3.05, 3.63) is 65.4 Å². The second-order valence-corrected chi connectivity index (χ2v) is 7.37. The van der Waals surface area contributed by atoms with Crippen LogP contribution >= 0.6 is 11.3 Å². The van der Waals surface area contributed by atoms with Crippen LogP contribution in [0.1, 0.15) is 25.5 Å². The van der Waals surface area contributed by atoms with E-state index in [4.69, 9.17) is 10.7 Å². The van der Waals surface area contributed by atoms with Crippen LogP contribution in [0.25, 0.3) is 21.6 Å². The number of aliphatic imine (C=N–C) groups is 1. The molecule has 5 nitrogen and oxygen atoms in total. The Hall–Kier alpha value is -3.06. The average Bonchev–Trinajstić information content (AvgIpc) is 3.32. The maximum Gasteiger partial charge on any atom is 0.159 e. The van der Waals surface area contributed by atoms with Gasteiger partial charge < -0.3 is 5.73 Å². The summed E-state index contributed by atoms with van der Waals surface area (Å²) in [5, 5.41) is 7.33. The third kappa shape index (κ3) is 3.33. The largest absolute Gasteiger partial charge is 0.383 e. The molecule has 0 bridgehead atoms. The van der Waals surface area contributed by atoms with Crippen LogP contribution in [-0.4, -0.2) is 20.6 Å². The molecule has 27 heavy (non-hydrogen) atoms. The number of halogens is 1. The van der Waals surface area contributed by atoms with Gasteiger partial charge in [-0.15, -0.1) is 11.3 Å². The predicted molar refractivity (Wildman–Crippen MR) is 108 cm³/mol. The number of thiophene rings is 1. The molecule has 0 aliphatic carbocycles. The molecule has 3 aromatic heterocycles. The molecule has 0 unspecified atom stereocenters. The van der Waals surface area contributed by atoms with E-state index in [1.54, 1.807) is 29.7 Å². The molecule has 0 aliphatic rings. The lowest BCUT2D eigenvalue weighted by Crippen LogP contribution is -2.14. The third-order valence-electron chi connectivity index (χ3n) is 4.18. The predicted octanol–water partition coefficient (Wildman–Crippen LogP) is 4.92. The average molecular weight is 379 g/mol. The lowest BCUT2D eigenvalue weighted by molar-refractivity contribution is 0.546. The topological polar surface area (TPSA) is 69.1 Å². The second kappa shape index (κ2) is 6.92. The zero-order valence-electron chi connectivity index (χ0n) is 14.9. The SMILES string of the molecule is CC(C)n1ncc2c(C(N)=Nc3ccc(F)cc3)cc(-c3cccs3)nc21. The molecule has 2 N–H and O–H groups in total. The fraction of sp³-hybridized carbons (Fsp3) is 0.150. The minimum absolute atomic E-state index is 0.164. The molecule has 0 saturated carbocycles. The van der Waals surface area contributed by atoms with Gasteiger partial charge in [-0.25, -0.2) is 19.0 Å². The van der Waals surface area contributed by atoms with Crippen LogP contribution in [0, 0.1) is 5.82 Å². The summed E-state index contributed by atoms with van der Waals surface area (Å²) in [7, 11) is 0. The molecule has 0 atom stereocenters. The van der Waals surface area contributed by atoms with Gasteiger partial charge in [0.2, 0.25) is 0 Å². The second-order valence-electron chi connectivity index (χ2n) is 6.43. The van der Waals surface area contributed by atoms with Gasteiger partial charge in [-0.05, 0) is 55.6 Å². The van der Waals surface area contributed by atoms with E-state index < -0.39 is 0 Å². The van der Waals surface area contributed by atoms with Crippen molar-refractivity contribution in [1.29, 1.82) is 0 Å². The van der Waals surface area contributed by atoms with Gasteiger partial charge in [-0.3, -0.25) is 0 Å². The highest BCUT2D eigenvalue weighted by Crippen LogP contribution is 2.29. The highest BCUT2D eigenvalue weighted by molar-refractivity contribution is 7.13. The highest BCUT2D eigenvalue weighted by atomic mass is 32.1. The lowest BCUT2D eigenvalue weighted by atomic mass is 10.1. The Balaban J connectivity index is 1.91. The molecule has 0 radical (unpaired) electrons. The Labute approximate surface area is 160 Å². The summed E-state index contributed by atoms with van der Waals surface area (Å²) < 4.78 is 15.0. The van der Waals surface area contributed by atoms with Crippen LogP contribution in [0.2, 0.25) is 0 Å². The minimum Gasteiger partial charge on any atom is -0.383 e. The fourth-order valence-electron chi connectivity index (χ4n) is 2.87. The maximum absolute atomic E-state index is 13.1. The van der Waals surface area contributed by atoms with Crippen LogP contribution in [0.15, 0.2) is 59.0 Å². The molecule has 3 heterocycles. The Morgan fingerprint density at radius 1 is 1.22 bits per heavy atom. The van der Waals surface area contributed by atoms with Crippen molar-refractivity contribution in [1.82, 2.24) is 14.8 Å². The van der Waals surface area contributed by atoms with Gasteiger partial charge in [0.1, 0.15) is 11.7 Å². The first-order valence-electron chi connectivity index (χ1n) is 8.55. The summed E-state index contributed by atoms with van der Waals surface area (Å²) in [6.45, 7) is 4.11. The fourth-order valence-corrected chi connectivity index (χ4v) is 3.56. The van der Waals surface area contributed by atoms with Crippen molar-refractivity contribution in [2.75, 3.05) is 0 Å². The molecular formula is C20H18FN5S. The molecule has 1 aromatic carbocycles. The molecule has 0 spiro atoms. The standard InChI is InChI=1S/C20H18FN5S/c1-12(2)26-20-16(11-23-26)15(10-17(25-20)18-4-3-9-27-18)19(22)24-14-7-5-13(21)6-8-14/h3-12H,1-2H3,(H2,22,24). The van der Waals surface area contributed by atoms with Crippen LogP contribution in [0.5, 0.6) is 0 Å². The maximum atomic E-state index is 13.1. The van der Waals surface area contributed by atoms with Crippen molar-refractivity contribution in [3.8, 4) is 10.6 Å². The van der Waals surface area contributed by atoms with Crippen LogP contribution in [0.4, 0.5) is 10.1 Å². The molecular weight excluding hydrogens is 361 g/mol. The Morgan fingerprint density at radius 3 is 2.67 bits per heavy atom. The van der Waals surface area contributed by atoms with Gasteiger partial charge in [0.05, 0.1) is 22.5 Å². The van der Waals surface area contributed by atoms with E-state index >= 15 is 0 Å². The number of hydrogen-bond donors (Lipinski definition) is 1. The number of hydrogen-bond acceptors (Lipinski definition) is 4. The van der Waals surface area contributed by atoms with E-state index in [1.165, 1.54) is 12.1 Å². The van der Waals surface area contributed by atoms with Crippen molar-refractivity contribution in [2.45, 2.75) is 19.9 Å². The molecule has 0 saturated heterocycles. The molecule has 0 aliphatic heterocycles. The third-order valence-corrected chi connectivity index (χ3v) is 5.07. The van der Waals surface area contributed by atoms with Crippen molar-refractivity contribution < 1.29 is 4.39 Å². The zero-order chi connectivity index (χ0) is 19.0. The van der Waals surface area contributed by atoms with E-state index in [0.29, 0.717) is 11.5 Å². The molecule has 4 rings (SSSR count). The molecule has 136 valence electrons. The van der Waals surface area contributed by atoms with Gasteiger partial charge in [-0.1, -0.05) is 6.07 Å². The summed E-state index contributed by atoms with van der Waals surface area (Å²) in [5.41, 5.74) is 9.28. The number of nitrogens with zero attached hydrogens (tertiary/aromatic N) is 4. The summed E-state index contributed by atoms with van der Waals surface area (Å²) in [6.07, 6.45) is 1.77. The van der Waals surface area contributed by atoms with E-state index in [1.807, 2.05) is 28.3 Å². The summed E-state index contributed by atoms with van der Waals surface area (Å²) in [5.74, 6) is 0.0344. The Kier molecular flexibility index (Phi) is 4.45. The molecule has 0 amide bonds. The van der Waals surface area contributed by atoms with Crippen molar-refractivity contribution >= 4 is 33.9 Å². The van der Waals surface area contributed by atoms with Crippen molar-refractivity contribution in [2.24, 2.45) is 10.7 Å². The van der Waals surface area contributed by atoms with E-state index in [0.717, 1.165) is 27.2 Å². The first-order chi connectivity index (χ1) is 13.0. The number of benzene rings is 1. The summed E-state index contributed by atoms with van der Waals surface area (Å²) in [4.78, 5) is 10.3. The Morgan fingerprint density at radius 2 is 2.00 bits per heavy atom. The molecule has 7 heteroatoms. The van der Waals surface area contributed by atoms with E-state index in [-0.39, 0.29) is 11.9 Å². The number of pyridine rings is 1. The smallest absolute Gasteiger partial charge is 0.159 e. The molecule has 4 aromatic rings. The molecule has 0 fully saturated rings. The van der Waals surface area contributed by atoms with Gasteiger partial charge in [0.25, 0.3) is 0 Å². The monoisotopic (exact) mass is 379 g/mol. The summed E-state index contributed by atoms with van der Waals surface area (Å²) in [6, 6.07) is 12.0. The zero-order valence-corrected chi connectivity index (χ0v) is 15.7. The van der Waals surface area contributed by atoms with Gasteiger partial charge >= 0.3 is 0 Å². The minimum atomic E-state index is -0.308. The van der Waals surface area contributed by atoms with Crippen LogP contribution in [0.3, 0.4) is 0 Å². The van der Waals surface area contributed by atoms with Crippen LogP contribution in [-0.2, 0) is 0 Å². The quantitative estimate of drug-likeness (QED) is 0.404. The van der Waals surface area contributed by atoms with Gasteiger partial charge in [0.15, 0.2) is 5.65 Å².